The largest absolute Gasteiger partial charge is 0.379 e. The summed E-state index contributed by atoms with van der Waals surface area (Å²) in [5, 5.41) is 0.931. The average molecular weight is 578 g/mol. The molecule has 0 bridgehead atoms. The number of rotatable bonds is 4. The molecule has 4 heterocycles. The van der Waals surface area contributed by atoms with Crippen LogP contribution in [0.25, 0.3) is 22.0 Å². The molecule has 1 amide bonds. The van der Waals surface area contributed by atoms with Crippen molar-refractivity contribution in [3.05, 3.63) is 64.9 Å². The fourth-order valence-electron chi connectivity index (χ4n) is 6.69. The highest BCUT2D eigenvalue weighted by molar-refractivity contribution is 7.99. The topological polar surface area (TPSA) is 70.9 Å². The number of carbonyl (C=O) groups excluding carboxylic acids is 1. The number of benzene rings is 2. The molecule has 1 aromatic heterocycles. The van der Waals surface area contributed by atoms with Crippen molar-refractivity contribution in [3.63, 3.8) is 0 Å². The number of hydrogen-bond donors (Lipinski definition) is 0. The minimum absolute atomic E-state index is 0.0710. The third-order valence-corrected chi connectivity index (χ3v) is 9.79. The Morgan fingerprint density at radius 3 is 2.46 bits per heavy atom. The van der Waals surface area contributed by atoms with E-state index in [2.05, 4.69) is 29.4 Å². The van der Waals surface area contributed by atoms with Gasteiger partial charge >= 0.3 is 5.69 Å². The van der Waals surface area contributed by atoms with E-state index in [0.29, 0.717) is 38.7 Å². The Hall–Kier alpha value is -3.21. The lowest BCUT2D eigenvalue weighted by Crippen LogP contribution is -2.58. The Morgan fingerprint density at radius 2 is 1.80 bits per heavy atom. The van der Waals surface area contributed by atoms with Crippen LogP contribution in [0.15, 0.2) is 52.7 Å². The van der Waals surface area contributed by atoms with Gasteiger partial charge in [0.2, 0.25) is 5.91 Å². The molecule has 3 atom stereocenters. The van der Waals surface area contributed by atoms with Crippen molar-refractivity contribution < 1.29 is 13.9 Å². The Balaban J connectivity index is 1.52. The van der Waals surface area contributed by atoms with Gasteiger partial charge in [-0.2, -0.15) is 4.98 Å². The maximum absolute atomic E-state index is 13.9. The predicted molar refractivity (Wildman–Crippen MR) is 161 cm³/mol. The van der Waals surface area contributed by atoms with E-state index >= 15 is 0 Å². The summed E-state index contributed by atoms with van der Waals surface area (Å²) in [6, 6.07) is 8.74. The van der Waals surface area contributed by atoms with Crippen molar-refractivity contribution in [2.45, 2.75) is 50.3 Å². The van der Waals surface area contributed by atoms with Gasteiger partial charge in [-0.05, 0) is 56.2 Å². The summed E-state index contributed by atoms with van der Waals surface area (Å²) < 4.78 is 21.4. The summed E-state index contributed by atoms with van der Waals surface area (Å²) in [5.74, 6) is 1.11. The van der Waals surface area contributed by atoms with Crippen LogP contribution in [0.5, 0.6) is 0 Å². The van der Waals surface area contributed by atoms with Crippen LogP contribution in [0.4, 0.5) is 10.2 Å². The third-order valence-electron chi connectivity index (χ3n) is 8.55. The molecule has 3 aliphatic heterocycles. The van der Waals surface area contributed by atoms with E-state index < -0.39 is 0 Å². The van der Waals surface area contributed by atoms with Crippen LogP contribution >= 0.6 is 11.8 Å². The molecule has 0 aliphatic carbocycles. The molecular weight excluding hydrogens is 541 g/mol. The zero-order valence-electron chi connectivity index (χ0n) is 23.8. The van der Waals surface area contributed by atoms with Crippen molar-refractivity contribution >= 4 is 34.4 Å². The van der Waals surface area contributed by atoms with Crippen LogP contribution in [0, 0.1) is 12.7 Å². The SMILES string of the molecule is C=CC(=O)N1[C@H](C)CN(c2nc(=O)n3c4c(c(-c5ccc(F)cc5)c(C)cc24)SC[C@@H](N2CCOCC2)C3)C[C@@H]1C. The minimum Gasteiger partial charge on any atom is -0.379 e. The highest BCUT2D eigenvalue weighted by Crippen LogP contribution is 2.44. The number of amides is 1. The fraction of sp³-hybridized carbons (Fsp3) is 0.452. The quantitative estimate of drug-likeness (QED) is 0.436. The first-order valence-electron chi connectivity index (χ1n) is 14.2. The molecule has 10 heteroatoms. The van der Waals surface area contributed by atoms with Crippen LogP contribution in [0.1, 0.15) is 19.4 Å². The first-order valence-corrected chi connectivity index (χ1v) is 15.2. The molecule has 3 aromatic rings. The smallest absolute Gasteiger partial charge is 0.350 e. The molecule has 0 spiro atoms. The Bertz CT molecular complexity index is 1540. The van der Waals surface area contributed by atoms with Gasteiger partial charge in [-0.15, -0.1) is 11.8 Å². The number of thioether (sulfide) groups is 1. The van der Waals surface area contributed by atoms with Crippen molar-refractivity contribution in [2.75, 3.05) is 50.0 Å². The van der Waals surface area contributed by atoms with E-state index in [-0.39, 0.29) is 35.5 Å². The molecule has 2 fully saturated rings. The molecule has 41 heavy (non-hydrogen) atoms. The van der Waals surface area contributed by atoms with Crippen molar-refractivity contribution in [3.8, 4) is 11.1 Å². The summed E-state index contributed by atoms with van der Waals surface area (Å²) in [5.41, 5.74) is 3.61. The molecule has 0 N–H and O–H groups in total. The molecular formula is C31H36FN5O3S. The lowest BCUT2D eigenvalue weighted by atomic mass is 9.97. The third kappa shape index (κ3) is 5.06. The van der Waals surface area contributed by atoms with E-state index in [1.54, 1.807) is 11.8 Å². The molecule has 2 saturated heterocycles. The van der Waals surface area contributed by atoms with E-state index in [9.17, 15) is 14.0 Å². The number of morpholine rings is 1. The normalized spacial score (nSPS) is 23.5. The first-order chi connectivity index (χ1) is 19.8. The van der Waals surface area contributed by atoms with Crippen LogP contribution in [0.2, 0.25) is 0 Å². The molecule has 2 aromatic carbocycles. The highest BCUT2D eigenvalue weighted by Gasteiger charge is 2.35. The van der Waals surface area contributed by atoms with Gasteiger partial charge in [0.25, 0.3) is 0 Å². The number of anilines is 1. The Labute approximate surface area is 243 Å². The maximum atomic E-state index is 13.9. The summed E-state index contributed by atoms with van der Waals surface area (Å²) in [6.07, 6.45) is 1.36. The van der Waals surface area contributed by atoms with E-state index in [0.717, 1.165) is 51.3 Å². The number of nitrogens with zero attached hydrogens (tertiary/aromatic N) is 5. The van der Waals surface area contributed by atoms with Gasteiger partial charge in [0.05, 0.1) is 18.7 Å². The highest BCUT2D eigenvalue weighted by atomic mass is 32.2. The van der Waals surface area contributed by atoms with Gasteiger partial charge in [0.15, 0.2) is 0 Å². The Kier molecular flexibility index (Phi) is 7.65. The number of hydrogen-bond acceptors (Lipinski definition) is 7. The number of aryl methyl sites for hydroxylation is 1. The molecule has 0 radical (unpaired) electrons. The number of halogens is 1. The zero-order valence-corrected chi connectivity index (χ0v) is 24.6. The molecule has 3 aliphatic rings. The summed E-state index contributed by atoms with van der Waals surface area (Å²) in [4.78, 5) is 38.6. The molecule has 0 unspecified atom stereocenters. The van der Waals surface area contributed by atoms with Crippen LogP contribution < -0.4 is 10.6 Å². The van der Waals surface area contributed by atoms with Crippen molar-refractivity contribution in [1.82, 2.24) is 19.4 Å². The molecule has 216 valence electrons. The lowest BCUT2D eigenvalue weighted by Gasteiger charge is -2.44. The van der Waals surface area contributed by atoms with Crippen molar-refractivity contribution in [1.29, 1.82) is 0 Å². The maximum Gasteiger partial charge on any atom is 0.350 e. The van der Waals surface area contributed by atoms with Crippen LogP contribution in [0.3, 0.4) is 0 Å². The minimum atomic E-state index is -0.279. The van der Waals surface area contributed by atoms with E-state index in [1.807, 2.05) is 35.4 Å². The molecule has 8 nitrogen and oxygen atoms in total. The van der Waals surface area contributed by atoms with E-state index in [1.165, 1.54) is 18.2 Å². The second-order valence-corrected chi connectivity index (χ2v) is 12.3. The average Bonchev–Trinajstić information content (AvgIpc) is 3.17. The van der Waals surface area contributed by atoms with Gasteiger partial charge in [-0.25, -0.2) is 9.18 Å². The summed E-state index contributed by atoms with van der Waals surface area (Å²) in [7, 11) is 0. The monoisotopic (exact) mass is 577 g/mol. The Morgan fingerprint density at radius 1 is 1.12 bits per heavy atom. The standard InChI is InChI=1S/C31H36FN5O3S/c1-5-26(38)37-20(3)15-35(16-21(37)4)30-25-14-19(2)27(22-6-8-23(32)9-7-22)29-28(25)36(31(39)33-30)17-24(18-41-29)34-10-12-40-13-11-34/h5-9,14,20-21,24H,1,10-13,15-18H2,2-4H3/t20-,21+,24-/m0/s1. The molecule has 6 rings (SSSR count). The number of piperazine rings is 1. The van der Waals surface area contributed by atoms with Gasteiger partial charge in [-0.1, -0.05) is 18.7 Å². The second kappa shape index (κ2) is 11.2. The number of aromatic nitrogens is 2. The predicted octanol–water partition coefficient (Wildman–Crippen LogP) is 3.93. The van der Waals surface area contributed by atoms with Crippen LogP contribution in [-0.4, -0.2) is 88.5 Å². The zero-order chi connectivity index (χ0) is 28.8. The van der Waals surface area contributed by atoms with Gasteiger partial charge < -0.3 is 14.5 Å². The summed E-state index contributed by atoms with van der Waals surface area (Å²) in [6.45, 7) is 14.5. The summed E-state index contributed by atoms with van der Waals surface area (Å²) >= 11 is 1.77. The number of carbonyl (C=O) groups is 1. The van der Waals surface area contributed by atoms with Gasteiger partial charge in [0.1, 0.15) is 11.6 Å². The molecule has 0 saturated carbocycles. The number of ether oxygens (including phenoxy) is 1. The van der Waals surface area contributed by atoms with Gasteiger partial charge in [0, 0.05) is 72.4 Å². The van der Waals surface area contributed by atoms with Crippen molar-refractivity contribution in [2.24, 2.45) is 0 Å². The van der Waals surface area contributed by atoms with Gasteiger partial charge in [-0.3, -0.25) is 14.3 Å². The first kappa shape index (κ1) is 27.9. The lowest BCUT2D eigenvalue weighted by molar-refractivity contribution is -0.130. The fourth-order valence-corrected chi connectivity index (χ4v) is 8.15. The van der Waals surface area contributed by atoms with Crippen LogP contribution in [-0.2, 0) is 16.1 Å². The van der Waals surface area contributed by atoms with E-state index in [4.69, 9.17) is 9.72 Å². The second-order valence-electron chi connectivity index (χ2n) is 11.3.